The van der Waals surface area contributed by atoms with Gasteiger partial charge in [0, 0.05) is 31.6 Å². The Morgan fingerprint density at radius 2 is 2.27 bits per heavy atom. The van der Waals surface area contributed by atoms with Gasteiger partial charge in [0.25, 0.3) is 0 Å². The summed E-state index contributed by atoms with van der Waals surface area (Å²) < 4.78 is 0. The summed E-state index contributed by atoms with van der Waals surface area (Å²) in [6, 6.07) is 6.30. The molecular formula is C13H17NO. The molecule has 80 valence electrons. The number of carbonyl (C=O) groups excluding carboxylic acids is 1. The smallest absolute Gasteiger partial charge is 0.134 e. The second-order valence-electron chi connectivity index (χ2n) is 4.52. The van der Waals surface area contributed by atoms with Gasteiger partial charge in [-0.25, -0.2) is 0 Å². The van der Waals surface area contributed by atoms with Crippen LogP contribution >= 0.6 is 0 Å². The summed E-state index contributed by atoms with van der Waals surface area (Å²) in [5.41, 5.74) is 3.84. The van der Waals surface area contributed by atoms with Crippen molar-refractivity contribution in [2.45, 2.75) is 26.2 Å². The number of ketones is 1. The summed E-state index contributed by atoms with van der Waals surface area (Å²) >= 11 is 0. The van der Waals surface area contributed by atoms with E-state index >= 15 is 0 Å². The normalized spacial score (nSPS) is 19.1. The molecule has 0 saturated carbocycles. The van der Waals surface area contributed by atoms with E-state index in [0.717, 1.165) is 6.54 Å². The van der Waals surface area contributed by atoms with Gasteiger partial charge < -0.3 is 4.90 Å². The molecule has 2 heteroatoms. The third-order valence-corrected chi connectivity index (χ3v) is 3.05. The number of rotatable bonds is 2. The Morgan fingerprint density at radius 3 is 2.93 bits per heavy atom. The van der Waals surface area contributed by atoms with Crippen molar-refractivity contribution < 1.29 is 4.79 Å². The van der Waals surface area contributed by atoms with E-state index in [-0.39, 0.29) is 5.78 Å². The fourth-order valence-corrected chi connectivity index (χ4v) is 2.49. The SMILES string of the molecule is CC(=O)Cc1cccc2c1N(C)CC2C. The number of Topliss-reactive ketones (excluding diaryl/α,β-unsaturated/α-hetero) is 1. The van der Waals surface area contributed by atoms with Gasteiger partial charge in [0.1, 0.15) is 5.78 Å². The van der Waals surface area contributed by atoms with Crippen molar-refractivity contribution in [3.8, 4) is 0 Å². The maximum Gasteiger partial charge on any atom is 0.134 e. The zero-order valence-corrected chi connectivity index (χ0v) is 9.58. The number of anilines is 1. The van der Waals surface area contributed by atoms with Crippen LogP contribution in [-0.4, -0.2) is 19.4 Å². The van der Waals surface area contributed by atoms with Crippen LogP contribution in [0.1, 0.15) is 30.9 Å². The van der Waals surface area contributed by atoms with E-state index in [1.54, 1.807) is 6.92 Å². The molecule has 1 aliphatic heterocycles. The van der Waals surface area contributed by atoms with Gasteiger partial charge in [-0.05, 0) is 18.1 Å². The molecule has 15 heavy (non-hydrogen) atoms. The molecule has 2 nitrogen and oxygen atoms in total. The van der Waals surface area contributed by atoms with Crippen LogP contribution in [0, 0.1) is 0 Å². The van der Waals surface area contributed by atoms with Gasteiger partial charge in [0.05, 0.1) is 0 Å². The molecule has 0 saturated heterocycles. The summed E-state index contributed by atoms with van der Waals surface area (Å²) in [5, 5.41) is 0. The maximum absolute atomic E-state index is 11.2. The van der Waals surface area contributed by atoms with Gasteiger partial charge in [-0.1, -0.05) is 25.1 Å². The highest BCUT2D eigenvalue weighted by atomic mass is 16.1. The number of para-hydroxylation sites is 1. The quantitative estimate of drug-likeness (QED) is 0.735. The van der Waals surface area contributed by atoms with Crippen LogP contribution in [0.2, 0.25) is 0 Å². The Morgan fingerprint density at radius 1 is 1.53 bits per heavy atom. The van der Waals surface area contributed by atoms with Gasteiger partial charge in [-0.15, -0.1) is 0 Å². The number of carbonyl (C=O) groups is 1. The van der Waals surface area contributed by atoms with Crippen LogP contribution in [-0.2, 0) is 11.2 Å². The number of nitrogens with zero attached hydrogens (tertiary/aromatic N) is 1. The van der Waals surface area contributed by atoms with Gasteiger partial charge in [0.2, 0.25) is 0 Å². The van der Waals surface area contributed by atoms with Gasteiger partial charge >= 0.3 is 0 Å². The molecule has 1 aromatic rings. The van der Waals surface area contributed by atoms with Crippen LogP contribution in [0.4, 0.5) is 5.69 Å². The molecule has 0 aliphatic carbocycles. The van der Waals surface area contributed by atoms with E-state index in [2.05, 4.69) is 37.1 Å². The molecule has 1 atom stereocenters. The molecule has 0 spiro atoms. The lowest BCUT2D eigenvalue weighted by atomic mass is 9.98. The summed E-state index contributed by atoms with van der Waals surface area (Å²) in [6.45, 7) is 4.95. The minimum atomic E-state index is 0.233. The first kappa shape index (κ1) is 10.2. The van der Waals surface area contributed by atoms with Gasteiger partial charge in [-0.3, -0.25) is 4.79 Å². The first-order valence-corrected chi connectivity index (χ1v) is 5.42. The first-order chi connectivity index (χ1) is 7.09. The van der Waals surface area contributed by atoms with Crippen molar-refractivity contribution >= 4 is 11.5 Å². The third-order valence-electron chi connectivity index (χ3n) is 3.05. The minimum Gasteiger partial charge on any atom is -0.374 e. The molecule has 0 radical (unpaired) electrons. The lowest BCUT2D eigenvalue weighted by Crippen LogP contribution is -2.16. The Kier molecular flexibility index (Phi) is 2.51. The molecule has 2 rings (SSSR count). The number of hydrogen-bond acceptors (Lipinski definition) is 2. The van der Waals surface area contributed by atoms with Crippen molar-refractivity contribution in [3.63, 3.8) is 0 Å². The highest BCUT2D eigenvalue weighted by molar-refractivity contribution is 5.81. The number of hydrogen-bond donors (Lipinski definition) is 0. The summed E-state index contributed by atoms with van der Waals surface area (Å²) in [5.74, 6) is 0.813. The van der Waals surface area contributed by atoms with E-state index < -0.39 is 0 Å². The average Bonchev–Trinajstić information content (AvgIpc) is 2.43. The second-order valence-corrected chi connectivity index (χ2v) is 4.52. The molecule has 0 aromatic heterocycles. The fraction of sp³-hybridized carbons (Fsp3) is 0.462. The predicted molar refractivity (Wildman–Crippen MR) is 62.5 cm³/mol. The molecule has 1 unspecified atom stereocenters. The van der Waals surface area contributed by atoms with Crippen LogP contribution < -0.4 is 4.90 Å². The largest absolute Gasteiger partial charge is 0.374 e. The third kappa shape index (κ3) is 1.76. The Labute approximate surface area is 90.9 Å². The van der Waals surface area contributed by atoms with Crippen molar-refractivity contribution in [2.75, 3.05) is 18.5 Å². The Balaban J connectivity index is 2.45. The number of fused-ring (bicyclic) bond motifs is 1. The predicted octanol–water partition coefficient (Wildman–Crippen LogP) is 2.37. The van der Waals surface area contributed by atoms with Crippen molar-refractivity contribution in [1.82, 2.24) is 0 Å². The average molecular weight is 203 g/mol. The van der Waals surface area contributed by atoms with Crippen LogP contribution in [0.5, 0.6) is 0 Å². The van der Waals surface area contributed by atoms with Gasteiger partial charge in [-0.2, -0.15) is 0 Å². The maximum atomic E-state index is 11.2. The Bertz CT molecular complexity index is 398. The van der Waals surface area contributed by atoms with Crippen molar-refractivity contribution in [2.24, 2.45) is 0 Å². The first-order valence-electron chi connectivity index (χ1n) is 5.42. The molecule has 1 heterocycles. The summed E-state index contributed by atoms with van der Waals surface area (Å²) in [6.07, 6.45) is 0.556. The van der Waals surface area contributed by atoms with E-state index in [0.29, 0.717) is 12.3 Å². The van der Waals surface area contributed by atoms with E-state index in [1.807, 2.05) is 0 Å². The highest BCUT2D eigenvalue weighted by Crippen LogP contribution is 2.37. The Hall–Kier alpha value is -1.31. The zero-order valence-electron chi connectivity index (χ0n) is 9.58. The lowest BCUT2D eigenvalue weighted by Gasteiger charge is -2.15. The van der Waals surface area contributed by atoms with Crippen LogP contribution in [0.25, 0.3) is 0 Å². The lowest BCUT2D eigenvalue weighted by molar-refractivity contribution is -0.116. The van der Waals surface area contributed by atoms with Gasteiger partial charge in [0.15, 0.2) is 0 Å². The van der Waals surface area contributed by atoms with E-state index in [9.17, 15) is 4.79 Å². The molecule has 0 N–H and O–H groups in total. The topological polar surface area (TPSA) is 20.3 Å². The highest BCUT2D eigenvalue weighted by Gasteiger charge is 2.25. The molecule has 0 amide bonds. The number of benzene rings is 1. The minimum absolute atomic E-state index is 0.233. The summed E-state index contributed by atoms with van der Waals surface area (Å²) in [4.78, 5) is 13.4. The van der Waals surface area contributed by atoms with Crippen LogP contribution in [0.3, 0.4) is 0 Å². The molecule has 1 aliphatic rings. The monoisotopic (exact) mass is 203 g/mol. The van der Waals surface area contributed by atoms with Crippen molar-refractivity contribution in [1.29, 1.82) is 0 Å². The summed E-state index contributed by atoms with van der Waals surface area (Å²) in [7, 11) is 2.10. The molecular weight excluding hydrogens is 186 g/mol. The van der Waals surface area contributed by atoms with E-state index in [4.69, 9.17) is 0 Å². The van der Waals surface area contributed by atoms with Crippen molar-refractivity contribution in [3.05, 3.63) is 29.3 Å². The van der Waals surface area contributed by atoms with Crippen LogP contribution in [0.15, 0.2) is 18.2 Å². The standard InChI is InChI=1S/C13H17NO/c1-9-8-14(3)13-11(7-10(2)15)5-4-6-12(9)13/h4-6,9H,7-8H2,1-3H3. The number of likely N-dealkylation sites (N-methyl/N-ethyl adjacent to an activating group) is 1. The molecule has 1 aromatic carbocycles. The zero-order chi connectivity index (χ0) is 11.0. The second kappa shape index (κ2) is 3.69. The van der Waals surface area contributed by atoms with E-state index in [1.165, 1.54) is 16.8 Å². The molecule has 0 fully saturated rings. The fourth-order valence-electron chi connectivity index (χ4n) is 2.49. The molecule has 0 bridgehead atoms.